The van der Waals surface area contributed by atoms with Crippen molar-refractivity contribution in [1.29, 1.82) is 0 Å². The summed E-state index contributed by atoms with van der Waals surface area (Å²) in [4.78, 5) is 0. The summed E-state index contributed by atoms with van der Waals surface area (Å²) in [6.45, 7) is 4.85. The summed E-state index contributed by atoms with van der Waals surface area (Å²) in [7, 11) is -3.30. The number of benzene rings is 1. The molecule has 0 bridgehead atoms. The first-order valence-electron chi connectivity index (χ1n) is 8.66. The highest BCUT2D eigenvalue weighted by atomic mass is 35.5. The summed E-state index contributed by atoms with van der Waals surface area (Å²) >= 11 is 5.95. The van der Waals surface area contributed by atoms with E-state index in [0.29, 0.717) is 11.6 Å². The lowest BCUT2D eigenvalue weighted by Gasteiger charge is -2.44. The van der Waals surface area contributed by atoms with E-state index >= 15 is 0 Å². The van der Waals surface area contributed by atoms with E-state index in [-0.39, 0.29) is 36.1 Å². The molecular formula is C17H24ClF6NOSi. The fourth-order valence-electron chi connectivity index (χ4n) is 3.08. The Labute approximate surface area is 161 Å². The summed E-state index contributed by atoms with van der Waals surface area (Å²) in [6.07, 6.45) is -11.2. The van der Waals surface area contributed by atoms with E-state index in [1.807, 2.05) is 0 Å². The number of hydrogen-bond donors (Lipinski definition) is 1. The van der Waals surface area contributed by atoms with Gasteiger partial charge in [-0.2, -0.15) is 26.3 Å². The van der Waals surface area contributed by atoms with Gasteiger partial charge >= 0.3 is 12.4 Å². The van der Waals surface area contributed by atoms with Crippen LogP contribution in [0, 0.1) is 0 Å². The lowest BCUT2D eigenvalue weighted by Crippen LogP contribution is -2.61. The topological polar surface area (TPSA) is 35.2 Å². The number of alkyl halides is 6. The van der Waals surface area contributed by atoms with Crippen LogP contribution in [0.25, 0.3) is 0 Å². The third-order valence-corrected chi connectivity index (χ3v) is 9.93. The van der Waals surface area contributed by atoms with Crippen LogP contribution in [0.3, 0.4) is 0 Å². The van der Waals surface area contributed by atoms with Crippen LogP contribution in [-0.2, 0) is 16.4 Å². The maximum Gasteiger partial charge on any atom is 0.429 e. The van der Waals surface area contributed by atoms with Gasteiger partial charge in [0, 0.05) is 10.6 Å². The Bertz CT molecular complexity index is 609. The van der Waals surface area contributed by atoms with E-state index in [9.17, 15) is 26.3 Å². The van der Waals surface area contributed by atoms with Crippen LogP contribution in [0.4, 0.5) is 26.3 Å². The predicted octanol–water partition coefficient (Wildman–Crippen LogP) is 6.18. The minimum absolute atomic E-state index is 0.132. The second-order valence-electron chi connectivity index (χ2n) is 6.37. The van der Waals surface area contributed by atoms with Crippen molar-refractivity contribution in [3.63, 3.8) is 0 Å². The molecule has 10 heteroatoms. The van der Waals surface area contributed by atoms with Crippen LogP contribution in [0.2, 0.25) is 23.2 Å². The maximum absolute atomic E-state index is 14.0. The van der Waals surface area contributed by atoms with Crippen molar-refractivity contribution in [3.05, 3.63) is 34.3 Å². The molecule has 1 rings (SSSR count). The zero-order valence-corrected chi connectivity index (χ0v) is 17.2. The third kappa shape index (κ3) is 4.63. The maximum atomic E-state index is 14.0. The first kappa shape index (κ1) is 24.3. The molecule has 156 valence electrons. The van der Waals surface area contributed by atoms with Gasteiger partial charge in [-0.25, -0.2) is 0 Å². The lowest BCUT2D eigenvalue weighted by atomic mass is 9.91. The normalized spacial score (nSPS) is 13.9. The second kappa shape index (κ2) is 8.71. The molecule has 0 amide bonds. The van der Waals surface area contributed by atoms with Crippen LogP contribution in [0.1, 0.15) is 31.9 Å². The van der Waals surface area contributed by atoms with Crippen LogP contribution < -0.4 is 5.73 Å². The Kier molecular flexibility index (Phi) is 7.83. The van der Waals surface area contributed by atoms with Crippen molar-refractivity contribution >= 4 is 19.9 Å². The molecule has 0 aliphatic rings. The monoisotopic (exact) mass is 435 g/mol. The molecule has 0 saturated carbocycles. The first-order valence-corrected chi connectivity index (χ1v) is 11.6. The molecule has 0 radical (unpaired) electrons. The van der Waals surface area contributed by atoms with Gasteiger partial charge < -0.3 is 10.2 Å². The Morgan fingerprint density at radius 2 is 1.44 bits per heavy atom. The second-order valence-corrected chi connectivity index (χ2v) is 11.5. The van der Waals surface area contributed by atoms with Crippen LogP contribution in [0.5, 0.6) is 0 Å². The van der Waals surface area contributed by atoms with Crippen molar-refractivity contribution < 1.29 is 30.8 Å². The summed E-state index contributed by atoms with van der Waals surface area (Å²) in [5, 5.41) is -0.198. The Hall–Kier alpha value is -0.773. The van der Waals surface area contributed by atoms with Gasteiger partial charge in [0.2, 0.25) is 0 Å². The molecule has 0 unspecified atom stereocenters. The number of halogens is 7. The van der Waals surface area contributed by atoms with Gasteiger partial charge in [0.25, 0.3) is 5.60 Å². The molecule has 27 heavy (non-hydrogen) atoms. The average Bonchev–Trinajstić information content (AvgIpc) is 2.56. The molecule has 2 N–H and O–H groups in total. The molecular weight excluding hydrogens is 412 g/mol. The standard InChI is InChI=1S/C17H24ClF6NOSi/c1-4-27(5-2,6-3)26-15(16(19,20)21,17(22,23)24)13-8-7-12(9-10-25)14(18)11-13/h7-8,11H,4-6,9-10,25H2,1-3H3. The molecule has 0 aliphatic carbocycles. The molecule has 0 aromatic heterocycles. The average molecular weight is 436 g/mol. The predicted molar refractivity (Wildman–Crippen MR) is 96.3 cm³/mol. The van der Waals surface area contributed by atoms with Crippen molar-refractivity contribution in [2.75, 3.05) is 6.54 Å². The highest BCUT2D eigenvalue weighted by Crippen LogP contribution is 2.55. The van der Waals surface area contributed by atoms with Gasteiger partial charge in [-0.05, 0) is 42.7 Å². The summed E-state index contributed by atoms with van der Waals surface area (Å²) in [5.41, 5.74) is 0.299. The molecule has 0 atom stereocenters. The zero-order valence-electron chi connectivity index (χ0n) is 15.4. The highest BCUT2D eigenvalue weighted by Gasteiger charge is 2.74. The Balaban J connectivity index is 3.76. The van der Waals surface area contributed by atoms with Crippen LogP contribution in [0.15, 0.2) is 18.2 Å². The summed E-state index contributed by atoms with van der Waals surface area (Å²) in [6, 6.07) is 3.03. The molecule has 1 aromatic rings. The van der Waals surface area contributed by atoms with Gasteiger partial charge in [-0.3, -0.25) is 0 Å². The van der Waals surface area contributed by atoms with E-state index in [1.54, 1.807) is 20.8 Å². The lowest BCUT2D eigenvalue weighted by molar-refractivity contribution is -0.369. The van der Waals surface area contributed by atoms with Crippen molar-refractivity contribution in [1.82, 2.24) is 0 Å². The summed E-state index contributed by atoms with van der Waals surface area (Å²) < 4.78 is 89.1. The zero-order chi connectivity index (χ0) is 21.1. The quantitative estimate of drug-likeness (QED) is 0.390. The Morgan fingerprint density at radius 1 is 0.963 bits per heavy atom. The molecule has 0 aliphatic heterocycles. The first-order chi connectivity index (χ1) is 12.3. The number of nitrogens with two attached hydrogens (primary N) is 1. The van der Waals surface area contributed by atoms with Gasteiger partial charge in [-0.15, -0.1) is 0 Å². The smallest absolute Gasteiger partial charge is 0.393 e. The van der Waals surface area contributed by atoms with E-state index in [1.165, 1.54) is 0 Å². The molecule has 0 saturated heterocycles. The number of rotatable bonds is 8. The van der Waals surface area contributed by atoms with Gasteiger partial charge in [0.05, 0.1) is 0 Å². The van der Waals surface area contributed by atoms with E-state index in [2.05, 4.69) is 0 Å². The molecule has 0 spiro atoms. The highest BCUT2D eigenvalue weighted by molar-refractivity contribution is 6.73. The largest absolute Gasteiger partial charge is 0.429 e. The van der Waals surface area contributed by atoms with Gasteiger partial charge in [0.15, 0.2) is 8.32 Å². The van der Waals surface area contributed by atoms with Gasteiger partial charge in [0.1, 0.15) is 0 Å². The molecule has 1 aromatic carbocycles. The fourth-order valence-corrected chi connectivity index (χ4v) is 6.29. The minimum Gasteiger partial charge on any atom is -0.393 e. The third-order valence-electron chi connectivity index (χ3n) is 4.97. The van der Waals surface area contributed by atoms with Crippen molar-refractivity contribution in [2.24, 2.45) is 5.73 Å². The van der Waals surface area contributed by atoms with Gasteiger partial charge in [-0.1, -0.05) is 44.5 Å². The van der Waals surface area contributed by atoms with Crippen molar-refractivity contribution in [3.8, 4) is 0 Å². The molecule has 0 fully saturated rings. The molecule has 2 nitrogen and oxygen atoms in total. The van der Waals surface area contributed by atoms with Crippen molar-refractivity contribution in [2.45, 2.75) is 63.3 Å². The van der Waals surface area contributed by atoms with E-state index in [4.69, 9.17) is 21.8 Å². The van der Waals surface area contributed by atoms with E-state index in [0.717, 1.165) is 12.1 Å². The SMILES string of the molecule is CC[Si](CC)(CC)OC(c1ccc(CCN)c(Cl)c1)(C(F)(F)F)C(F)(F)F. The Morgan fingerprint density at radius 3 is 1.78 bits per heavy atom. The molecule has 0 heterocycles. The number of hydrogen-bond acceptors (Lipinski definition) is 2. The van der Waals surface area contributed by atoms with Crippen LogP contribution >= 0.6 is 11.6 Å². The summed E-state index contributed by atoms with van der Waals surface area (Å²) in [5.74, 6) is 0. The minimum atomic E-state index is -5.71. The van der Waals surface area contributed by atoms with Crippen LogP contribution in [-0.4, -0.2) is 27.2 Å². The fraction of sp³-hybridized carbons (Fsp3) is 0.647. The van der Waals surface area contributed by atoms with E-state index < -0.39 is 31.8 Å².